The van der Waals surface area contributed by atoms with E-state index in [9.17, 15) is 4.79 Å². The first-order valence-corrected chi connectivity index (χ1v) is 7.75. The molecule has 1 amide bonds. The topological polar surface area (TPSA) is 96.5 Å². The van der Waals surface area contributed by atoms with Gasteiger partial charge in [-0.15, -0.1) is 0 Å². The summed E-state index contributed by atoms with van der Waals surface area (Å²) >= 11 is 5.87. The van der Waals surface area contributed by atoms with E-state index in [4.69, 9.17) is 11.6 Å². The van der Waals surface area contributed by atoms with Gasteiger partial charge >= 0.3 is 0 Å². The van der Waals surface area contributed by atoms with Crippen molar-refractivity contribution in [2.45, 2.75) is 13.3 Å². The lowest BCUT2D eigenvalue weighted by Gasteiger charge is -2.05. The number of aromatic nitrogens is 5. The molecule has 0 atom stereocenters. The molecule has 0 saturated heterocycles. The van der Waals surface area contributed by atoms with Crippen LogP contribution in [0.4, 0.5) is 0 Å². The number of aryl methyl sites for hydroxylation is 1. The molecule has 3 aromatic rings. The van der Waals surface area contributed by atoms with Crippen molar-refractivity contribution in [1.29, 1.82) is 0 Å². The van der Waals surface area contributed by atoms with Gasteiger partial charge in [0.25, 0.3) is 5.91 Å². The Labute approximate surface area is 143 Å². The zero-order valence-electron chi connectivity index (χ0n) is 13.0. The highest BCUT2D eigenvalue weighted by Gasteiger charge is 2.10. The molecule has 24 heavy (non-hydrogen) atoms. The molecule has 2 N–H and O–H groups in total. The minimum Gasteiger partial charge on any atom is -0.352 e. The molecule has 0 aliphatic rings. The van der Waals surface area contributed by atoms with Gasteiger partial charge in [-0.05, 0) is 37.3 Å². The summed E-state index contributed by atoms with van der Waals surface area (Å²) in [6.45, 7) is 2.19. The highest BCUT2D eigenvalue weighted by molar-refractivity contribution is 6.30. The SMILES string of the molecule is Cc1nnccc1C(=O)NCCc1nc(-c2ccc(Cl)cc2)n[nH]1. The van der Waals surface area contributed by atoms with Crippen molar-refractivity contribution in [2.75, 3.05) is 6.54 Å². The van der Waals surface area contributed by atoms with Crippen LogP contribution in [-0.4, -0.2) is 37.8 Å². The van der Waals surface area contributed by atoms with Gasteiger partial charge in [-0.3, -0.25) is 9.89 Å². The second-order valence-electron chi connectivity index (χ2n) is 5.15. The van der Waals surface area contributed by atoms with Gasteiger partial charge in [-0.25, -0.2) is 4.98 Å². The van der Waals surface area contributed by atoms with Crippen LogP contribution in [0.3, 0.4) is 0 Å². The molecule has 0 bridgehead atoms. The van der Waals surface area contributed by atoms with Crippen LogP contribution in [0.25, 0.3) is 11.4 Å². The number of amides is 1. The molecule has 0 fully saturated rings. The van der Waals surface area contributed by atoms with E-state index in [1.807, 2.05) is 12.1 Å². The first kappa shape index (κ1) is 16.1. The van der Waals surface area contributed by atoms with Gasteiger partial charge in [0, 0.05) is 23.6 Å². The summed E-state index contributed by atoms with van der Waals surface area (Å²) in [5, 5.41) is 18.1. The molecule has 0 unspecified atom stereocenters. The van der Waals surface area contributed by atoms with Crippen LogP contribution in [0.5, 0.6) is 0 Å². The van der Waals surface area contributed by atoms with Gasteiger partial charge in [0.1, 0.15) is 5.82 Å². The van der Waals surface area contributed by atoms with E-state index in [1.54, 1.807) is 25.1 Å². The Kier molecular flexibility index (Phi) is 4.81. The van der Waals surface area contributed by atoms with Crippen molar-refractivity contribution in [3.05, 3.63) is 58.6 Å². The number of rotatable bonds is 5. The van der Waals surface area contributed by atoms with Crippen LogP contribution in [0.15, 0.2) is 36.5 Å². The summed E-state index contributed by atoms with van der Waals surface area (Å²) < 4.78 is 0. The maximum Gasteiger partial charge on any atom is 0.253 e. The molecule has 1 aromatic carbocycles. The molecule has 0 radical (unpaired) electrons. The fraction of sp³-hybridized carbons (Fsp3) is 0.188. The third-order valence-corrected chi connectivity index (χ3v) is 3.68. The summed E-state index contributed by atoms with van der Waals surface area (Å²) in [6, 6.07) is 8.94. The Morgan fingerprint density at radius 2 is 2.04 bits per heavy atom. The highest BCUT2D eigenvalue weighted by atomic mass is 35.5. The summed E-state index contributed by atoms with van der Waals surface area (Å²) in [4.78, 5) is 16.5. The Balaban J connectivity index is 1.57. The van der Waals surface area contributed by atoms with Crippen molar-refractivity contribution in [3.63, 3.8) is 0 Å². The number of aromatic amines is 1. The van der Waals surface area contributed by atoms with E-state index in [-0.39, 0.29) is 5.91 Å². The van der Waals surface area contributed by atoms with Crippen molar-refractivity contribution in [3.8, 4) is 11.4 Å². The van der Waals surface area contributed by atoms with Crippen molar-refractivity contribution in [2.24, 2.45) is 0 Å². The smallest absolute Gasteiger partial charge is 0.253 e. The Bertz CT molecular complexity index is 846. The standard InChI is InChI=1S/C16H15ClN6O/c1-10-13(6-9-19-21-10)16(24)18-8-7-14-20-15(23-22-14)11-2-4-12(17)5-3-11/h2-6,9H,7-8H2,1H3,(H,18,24)(H,20,22,23). The second-order valence-corrected chi connectivity index (χ2v) is 5.59. The fourth-order valence-electron chi connectivity index (χ4n) is 2.17. The fourth-order valence-corrected chi connectivity index (χ4v) is 2.29. The zero-order valence-corrected chi connectivity index (χ0v) is 13.7. The maximum absolute atomic E-state index is 12.1. The van der Waals surface area contributed by atoms with Crippen molar-refractivity contribution in [1.82, 2.24) is 30.7 Å². The summed E-state index contributed by atoms with van der Waals surface area (Å²) in [6.07, 6.45) is 2.04. The molecule has 0 aliphatic heterocycles. The molecule has 0 saturated carbocycles. The molecule has 2 heterocycles. The molecule has 8 heteroatoms. The number of nitrogens with one attached hydrogen (secondary N) is 2. The first-order chi connectivity index (χ1) is 11.6. The minimum atomic E-state index is -0.181. The van der Waals surface area contributed by atoms with E-state index < -0.39 is 0 Å². The van der Waals surface area contributed by atoms with E-state index in [0.717, 1.165) is 5.56 Å². The number of benzene rings is 1. The van der Waals surface area contributed by atoms with E-state index >= 15 is 0 Å². The van der Waals surface area contributed by atoms with E-state index in [0.29, 0.717) is 40.9 Å². The monoisotopic (exact) mass is 342 g/mol. The second kappa shape index (κ2) is 7.18. The van der Waals surface area contributed by atoms with Gasteiger partial charge in [-0.1, -0.05) is 11.6 Å². The van der Waals surface area contributed by atoms with Crippen LogP contribution in [0.2, 0.25) is 5.02 Å². The zero-order chi connectivity index (χ0) is 16.9. The van der Waals surface area contributed by atoms with Crippen LogP contribution < -0.4 is 5.32 Å². The van der Waals surface area contributed by atoms with Gasteiger partial charge in [0.15, 0.2) is 5.82 Å². The molecule has 3 rings (SSSR count). The third kappa shape index (κ3) is 3.75. The Hall–Kier alpha value is -2.80. The van der Waals surface area contributed by atoms with E-state index in [1.165, 1.54) is 6.20 Å². The summed E-state index contributed by atoms with van der Waals surface area (Å²) in [7, 11) is 0. The minimum absolute atomic E-state index is 0.181. The lowest BCUT2D eigenvalue weighted by Crippen LogP contribution is -2.27. The van der Waals surface area contributed by atoms with Crippen LogP contribution >= 0.6 is 11.6 Å². The molecule has 7 nitrogen and oxygen atoms in total. The van der Waals surface area contributed by atoms with Crippen LogP contribution in [-0.2, 0) is 6.42 Å². The number of nitrogens with zero attached hydrogens (tertiary/aromatic N) is 4. The average molecular weight is 343 g/mol. The van der Waals surface area contributed by atoms with Crippen molar-refractivity contribution < 1.29 is 4.79 Å². The summed E-state index contributed by atoms with van der Waals surface area (Å²) in [5.74, 6) is 1.12. The van der Waals surface area contributed by atoms with Gasteiger partial charge in [-0.2, -0.15) is 15.3 Å². The maximum atomic E-state index is 12.1. The molecule has 0 aliphatic carbocycles. The number of halogens is 1. The van der Waals surface area contributed by atoms with Gasteiger partial charge in [0.2, 0.25) is 0 Å². The largest absolute Gasteiger partial charge is 0.352 e. The number of hydrogen-bond donors (Lipinski definition) is 2. The Morgan fingerprint density at radius 1 is 1.25 bits per heavy atom. The Morgan fingerprint density at radius 3 is 2.79 bits per heavy atom. The summed E-state index contributed by atoms with van der Waals surface area (Å²) in [5.41, 5.74) is 1.99. The van der Waals surface area contributed by atoms with Crippen molar-refractivity contribution >= 4 is 17.5 Å². The predicted molar refractivity (Wildman–Crippen MR) is 89.6 cm³/mol. The molecular weight excluding hydrogens is 328 g/mol. The molecular formula is C16H15ClN6O. The van der Waals surface area contributed by atoms with Gasteiger partial charge < -0.3 is 5.32 Å². The lowest BCUT2D eigenvalue weighted by molar-refractivity contribution is 0.0952. The van der Waals surface area contributed by atoms with Gasteiger partial charge in [0.05, 0.1) is 17.5 Å². The molecule has 0 spiro atoms. The predicted octanol–water partition coefficient (Wildman–Crippen LogP) is 2.20. The average Bonchev–Trinajstić information content (AvgIpc) is 3.04. The number of H-pyrrole nitrogens is 1. The molecule has 2 aromatic heterocycles. The lowest BCUT2D eigenvalue weighted by atomic mass is 10.2. The van der Waals surface area contributed by atoms with E-state index in [2.05, 4.69) is 30.7 Å². The third-order valence-electron chi connectivity index (χ3n) is 3.43. The number of carbonyl (C=O) groups excluding carboxylic acids is 1. The van der Waals surface area contributed by atoms with Crippen LogP contribution in [0, 0.1) is 6.92 Å². The number of carbonyl (C=O) groups is 1. The highest BCUT2D eigenvalue weighted by Crippen LogP contribution is 2.17. The number of hydrogen-bond acceptors (Lipinski definition) is 5. The molecule has 122 valence electrons. The van der Waals surface area contributed by atoms with Crippen LogP contribution in [0.1, 0.15) is 21.9 Å². The normalized spacial score (nSPS) is 10.6. The first-order valence-electron chi connectivity index (χ1n) is 7.37. The quantitative estimate of drug-likeness (QED) is 0.741.